The van der Waals surface area contributed by atoms with Gasteiger partial charge < -0.3 is 9.47 Å². The topological polar surface area (TPSA) is 68.7 Å². The van der Waals surface area contributed by atoms with Crippen molar-refractivity contribution in [2.45, 2.75) is 35.5 Å². The number of thioether (sulfide) groups is 1. The number of pyridine rings is 1. The SMILES string of the molecule is O=S(=O)(c1ccc(SCC2OCCO2)nc1)N1CCCCC1. The van der Waals surface area contributed by atoms with E-state index in [1.165, 1.54) is 18.0 Å². The molecule has 0 aliphatic carbocycles. The fourth-order valence-electron chi connectivity index (χ4n) is 2.52. The van der Waals surface area contributed by atoms with E-state index in [1.54, 1.807) is 16.4 Å². The summed E-state index contributed by atoms with van der Waals surface area (Å²) in [5, 5.41) is 0.775. The van der Waals surface area contributed by atoms with Crippen LogP contribution in [-0.4, -0.2) is 56.1 Å². The zero-order valence-corrected chi connectivity index (χ0v) is 13.9. The Bertz CT molecular complexity index is 579. The first kappa shape index (κ1) is 16.2. The van der Waals surface area contributed by atoms with Crippen LogP contribution in [-0.2, 0) is 19.5 Å². The molecule has 6 nitrogen and oxygen atoms in total. The quantitative estimate of drug-likeness (QED) is 0.758. The van der Waals surface area contributed by atoms with Crippen molar-refractivity contribution >= 4 is 21.8 Å². The van der Waals surface area contributed by atoms with E-state index < -0.39 is 10.0 Å². The third kappa shape index (κ3) is 3.80. The van der Waals surface area contributed by atoms with E-state index >= 15 is 0 Å². The lowest BCUT2D eigenvalue weighted by atomic mass is 10.2. The third-order valence-electron chi connectivity index (χ3n) is 3.72. The second-order valence-corrected chi connectivity index (χ2v) is 8.26. The molecule has 0 spiro atoms. The minimum Gasteiger partial charge on any atom is -0.349 e. The summed E-state index contributed by atoms with van der Waals surface area (Å²) in [5.74, 6) is 0.658. The average molecular weight is 344 g/mol. The number of nitrogens with zero attached hydrogens (tertiary/aromatic N) is 2. The van der Waals surface area contributed by atoms with E-state index in [4.69, 9.17) is 9.47 Å². The van der Waals surface area contributed by atoms with Gasteiger partial charge in [0.2, 0.25) is 10.0 Å². The van der Waals surface area contributed by atoms with Gasteiger partial charge in [-0.2, -0.15) is 4.31 Å². The lowest BCUT2D eigenvalue weighted by molar-refractivity contribution is -0.0214. The Kier molecular flexibility index (Phi) is 5.35. The molecule has 0 saturated carbocycles. The normalized spacial score (nSPS) is 21.3. The molecule has 2 aliphatic heterocycles. The Morgan fingerprint density at radius 2 is 1.91 bits per heavy atom. The number of sulfonamides is 1. The van der Waals surface area contributed by atoms with Gasteiger partial charge in [0.05, 0.1) is 24.0 Å². The van der Waals surface area contributed by atoms with Crippen molar-refractivity contribution in [1.29, 1.82) is 0 Å². The van der Waals surface area contributed by atoms with Crippen LogP contribution < -0.4 is 0 Å². The van der Waals surface area contributed by atoms with Gasteiger partial charge in [-0.15, -0.1) is 11.8 Å². The highest BCUT2D eigenvalue weighted by Crippen LogP contribution is 2.23. The van der Waals surface area contributed by atoms with Gasteiger partial charge in [-0.3, -0.25) is 0 Å². The summed E-state index contributed by atoms with van der Waals surface area (Å²) in [6, 6.07) is 3.38. The molecule has 3 heterocycles. The molecule has 0 aromatic carbocycles. The molecule has 0 unspecified atom stereocenters. The second-order valence-electron chi connectivity index (χ2n) is 5.28. The molecule has 2 aliphatic rings. The van der Waals surface area contributed by atoms with Crippen molar-refractivity contribution in [1.82, 2.24) is 9.29 Å². The molecule has 0 radical (unpaired) electrons. The predicted molar refractivity (Wildman–Crippen MR) is 83.3 cm³/mol. The first-order valence-electron chi connectivity index (χ1n) is 7.48. The summed E-state index contributed by atoms with van der Waals surface area (Å²) in [4.78, 5) is 4.52. The van der Waals surface area contributed by atoms with E-state index in [9.17, 15) is 8.42 Å². The van der Waals surface area contributed by atoms with Gasteiger partial charge >= 0.3 is 0 Å². The van der Waals surface area contributed by atoms with E-state index in [1.807, 2.05) is 0 Å². The minimum absolute atomic E-state index is 0.191. The molecule has 22 heavy (non-hydrogen) atoms. The molecule has 0 bridgehead atoms. The van der Waals surface area contributed by atoms with Gasteiger partial charge in [-0.1, -0.05) is 6.42 Å². The molecule has 122 valence electrons. The molecular formula is C14H20N2O4S2. The monoisotopic (exact) mass is 344 g/mol. The zero-order chi connectivity index (χ0) is 15.4. The van der Waals surface area contributed by atoms with Gasteiger partial charge in [-0.25, -0.2) is 13.4 Å². The summed E-state index contributed by atoms with van der Waals surface area (Å²) in [6.45, 7) is 2.47. The summed E-state index contributed by atoms with van der Waals surface area (Å²) < 4.78 is 37.3. The van der Waals surface area contributed by atoms with Crippen LogP contribution in [0.3, 0.4) is 0 Å². The lowest BCUT2D eigenvalue weighted by Gasteiger charge is -2.25. The lowest BCUT2D eigenvalue weighted by Crippen LogP contribution is -2.35. The van der Waals surface area contributed by atoms with Crippen LogP contribution in [0.1, 0.15) is 19.3 Å². The standard InChI is InChI=1S/C14H20N2O4S2/c17-22(18,16-6-2-1-3-7-16)12-4-5-13(15-10-12)21-11-14-19-8-9-20-14/h4-5,10,14H,1-3,6-9,11H2. The molecule has 2 fully saturated rings. The maximum atomic E-state index is 12.5. The molecular weight excluding hydrogens is 324 g/mol. The molecule has 2 saturated heterocycles. The summed E-state index contributed by atoms with van der Waals surface area (Å²) in [7, 11) is -3.40. The van der Waals surface area contributed by atoms with Crippen LogP contribution in [0.25, 0.3) is 0 Å². The first-order valence-corrected chi connectivity index (χ1v) is 9.91. The zero-order valence-electron chi connectivity index (χ0n) is 12.3. The Morgan fingerprint density at radius 3 is 2.55 bits per heavy atom. The summed E-state index contributed by atoms with van der Waals surface area (Å²) >= 11 is 1.50. The van der Waals surface area contributed by atoms with Crippen LogP contribution in [0.2, 0.25) is 0 Å². The molecule has 8 heteroatoms. The molecule has 3 rings (SSSR count). The van der Waals surface area contributed by atoms with Crippen LogP contribution in [0.5, 0.6) is 0 Å². The highest BCUT2D eigenvalue weighted by atomic mass is 32.2. The van der Waals surface area contributed by atoms with Crippen LogP contribution >= 0.6 is 11.8 Å². The number of hydrogen-bond acceptors (Lipinski definition) is 6. The molecule has 1 aromatic heterocycles. The largest absolute Gasteiger partial charge is 0.349 e. The van der Waals surface area contributed by atoms with Gasteiger partial charge in [0, 0.05) is 19.3 Å². The number of ether oxygens (including phenoxy) is 2. The Hall–Kier alpha value is -0.670. The maximum Gasteiger partial charge on any atom is 0.244 e. The first-order chi connectivity index (χ1) is 10.7. The Labute approximate surface area is 135 Å². The minimum atomic E-state index is -3.40. The number of aromatic nitrogens is 1. The molecule has 0 amide bonds. The van der Waals surface area contributed by atoms with Crippen molar-refractivity contribution in [2.75, 3.05) is 32.1 Å². The molecule has 0 N–H and O–H groups in total. The van der Waals surface area contributed by atoms with Crippen molar-refractivity contribution in [3.63, 3.8) is 0 Å². The fourth-order valence-corrected chi connectivity index (χ4v) is 4.77. The molecule has 0 atom stereocenters. The predicted octanol–water partition coefficient (Wildman–Crippen LogP) is 1.72. The summed E-state index contributed by atoms with van der Waals surface area (Å²) in [6.07, 6.45) is 4.22. The van der Waals surface area contributed by atoms with Crippen LogP contribution in [0.15, 0.2) is 28.3 Å². The van der Waals surface area contributed by atoms with Crippen molar-refractivity contribution in [3.05, 3.63) is 18.3 Å². The molecule has 1 aromatic rings. The average Bonchev–Trinajstić information content (AvgIpc) is 3.08. The van der Waals surface area contributed by atoms with E-state index in [0.717, 1.165) is 24.3 Å². The fraction of sp³-hybridized carbons (Fsp3) is 0.643. The Balaban J connectivity index is 1.62. The van der Waals surface area contributed by atoms with Crippen LogP contribution in [0.4, 0.5) is 0 Å². The number of rotatable bonds is 5. The van der Waals surface area contributed by atoms with Crippen LogP contribution in [0, 0.1) is 0 Å². The summed E-state index contributed by atoms with van der Waals surface area (Å²) in [5.41, 5.74) is 0. The van der Waals surface area contributed by atoms with Gasteiger partial charge in [0.1, 0.15) is 4.90 Å². The van der Waals surface area contributed by atoms with Gasteiger partial charge in [0.15, 0.2) is 6.29 Å². The van der Waals surface area contributed by atoms with Gasteiger partial charge in [0.25, 0.3) is 0 Å². The highest BCUT2D eigenvalue weighted by molar-refractivity contribution is 7.99. The smallest absolute Gasteiger partial charge is 0.244 e. The second kappa shape index (κ2) is 7.27. The van der Waals surface area contributed by atoms with Gasteiger partial charge in [-0.05, 0) is 25.0 Å². The number of hydrogen-bond donors (Lipinski definition) is 0. The van der Waals surface area contributed by atoms with Crippen molar-refractivity contribution in [3.8, 4) is 0 Å². The van der Waals surface area contributed by atoms with Crippen molar-refractivity contribution in [2.24, 2.45) is 0 Å². The third-order valence-corrected chi connectivity index (χ3v) is 6.58. The number of piperidine rings is 1. The van der Waals surface area contributed by atoms with E-state index in [0.29, 0.717) is 32.1 Å². The maximum absolute atomic E-state index is 12.5. The van der Waals surface area contributed by atoms with E-state index in [-0.39, 0.29) is 11.2 Å². The highest BCUT2D eigenvalue weighted by Gasteiger charge is 2.26. The van der Waals surface area contributed by atoms with Crippen molar-refractivity contribution < 1.29 is 17.9 Å². The Morgan fingerprint density at radius 1 is 1.18 bits per heavy atom. The van der Waals surface area contributed by atoms with E-state index in [2.05, 4.69) is 4.98 Å².